The van der Waals surface area contributed by atoms with E-state index in [-0.39, 0.29) is 0 Å². The second-order valence-corrected chi connectivity index (χ2v) is 5.78. The average Bonchev–Trinajstić information content (AvgIpc) is 2.25. The van der Waals surface area contributed by atoms with E-state index in [2.05, 4.69) is 56.0 Å². The summed E-state index contributed by atoms with van der Waals surface area (Å²) in [5.41, 5.74) is 1.06. The van der Waals surface area contributed by atoms with Gasteiger partial charge in [0, 0.05) is 27.7 Å². The van der Waals surface area contributed by atoms with Crippen LogP contribution in [0.1, 0.15) is 38.8 Å². The van der Waals surface area contributed by atoms with Gasteiger partial charge < -0.3 is 5.32 Å². The number of nitrogens with one attached hydrogen (secondary N) is 1. The molecule has 0 aliphatic carbocycles. The van der Waals surface area contributed by atoms with Gasteiger partial charge >= 0.3 is 0 Å². The summed E-state index contributed by atoms with van der Waals surface area (Å²) >= 11 is 6.91. The zero-order chi connectivity index (χ0) is 12.0. The van der Waals surface area contributed by atoms with Crippen LogP contribution in [0.3, 0.4) is 0 Å². The predicted octanol–water partition coefficient (Wildman–Crippen LogP) is 4.27. The molecular weight excluding hydrogens is 332 g/mol. The molecule has 0 aliphatic rings. The fourth-order valence-corrected chi connectivity index (χ4v) is 2.58. The molecule has 16 heavy (non-hydrogen) atoms. The molecule has 0 amide bonds. The molecule has 1 atom stereocenters. The van der Waals surface area contributed by atoms with E-state index < -0.39 is 0 Å². The molecule has 1 N–H and O–H groups in total. The minimum absolute atomic E-state index is 0.553. The highest BCUT2D eigenvalue weighted by atomic mass is 79.9. The smallest absolute Gasteiger partial charge is 0.0684 e. The molecule has 0 aromatic carbocycles. The molecule has 1 rings (SSSR count). The number of hydrogen-bond acceptors (Lipinski definition) is 2. The van der Waals surface area contributed by atoms with Gasteiger partial charge in [-0.3, -0.25) is 4.98 Å². The van der Waals surface area contributed by atoms with Crippen molar-refractivity contribution in [1.82, 2.24) is 10.3 Å². The van der Waals surface area contributed by atoms with E-state index in [0.717, 1.165) is 21.2 Å². The Morgan fingerprint density at radius 3 is 2.81 bits per heavy atom. The number of halogens is 2. The fourth-order valence-electron chi connectivity index (χ4n) is 1.46. The standard InChI is InChI=1S/C12H18Br2N2/c1-3-4-5-9(2)15-8-12-11(14)6-10(13)7-16-12/h6-7,9,15H,3-5,8H2,1-2H3. The van der Waals surface area contributed by atoms with Crippen molar-refractivity contribution >= 4 is 31.9 Å². The first-order valence-corrected chi connectivity index (χ1v) is 7.25. The third-order valence-electron chi connectivity index (χ3n) is 2.49. The van der Waals surface area contributed by atoms with Gasteiger partial charge in [-0.15, -0.1) is 0 Å². The molecule has 1 aromatic rings. The highest BCUT2D eigenvalue weighted by Crippen LogP contribution is 2.19. The lowest BCUT2D eigenvalue weighted by Crippen LogP contribution is -2.25. The van der Waals surface area contributed by atoms with E-state index in [4.69, 9.17) is 0 Å². The topological polar surface area (TPSA) is 24.9 Å². The minimum Gasteiger partial charge on any atom is -0.309 e. The van der Waals surface area contributed by atoms with Crippen LogP contribution in [0.2, 0.25) is 0 Å². The van der Waals surface area contributed by atoms with Crippen LogP contribution < -0.4 is 5.32 Å². The molecule has 2 nitrogen and oxygen atoms in total. The molecule has 0 spiro atoms. The van der Waals surface area contributed by atoms with Gasteiger partial charge in [-0.25, -0.2) is 0 Å². The van der Waals surface area contributed by atoms with Gasteiger partial charge in [-0.2, -0.15) is 0 Å². The van der Waals surface area contributed by atoms with Gasteiger partial charge in [0.05, 0.1) is 5.69 Å². The lowest BCUT2D eigenvalue weighted by molar-refractivity contribution is 0.491. The molecule has 0 radical (unpaired) electrons. The van der Waals surface area contributed by atoms with Crippen molar-refractivity contribution in [3.05, 3.63) is 26.9 Å². The number of pyridine rings is 1. The number of hydrogen-bond donors (Lipinski definition) is 1. The molecule has 1 heterocycles. The first-order chi connectivity index (χ1) is 7.63. The Morgan fingerprint density at radius 2 is 2.19 bits per heavy atom. The molecular formula is C12H18Br2N2. The fraction of sp³-hybridized carbons (Fsp3) is 0.583. The van der Waals surface area contributed by atoms with Crippen LogP contribution in [0.4, 0.5) is 0 Å². The van der Waals surface area contributed by atoms with Crippen molar-refractivity contribution < 1.29 is 0 Å². The Hall–Kier alpha value is 0.0700. The molecule has 0 saturated carbocycles. The van der Waals surface area contributed by atoms with Crippen molar-refractivity contribution in [2.45, 2.75) is 45.7 Å². The van der Waals surface area contributed by atoms with Crippen LogP contribution in [0.15, 0.2) is 21.2 Å². The van der Waals surface area contributed by atoms with Crippen molar-refractivity contribution in [1.29, 1.82) is 0 Å². The van der Waals surface area contributed by atoms with Crippen LogP contribution in [0.5, 0.6) is 0 Å². The molecule has 1 unspecified atom stereocenters. The molecule has 0 fully saturated rings. The maximum Gasteiger partial charge on any atom is 0.0684 e. The lowest BCUT2D eigenvalue weighted by Gasteiger charge is -2.13. The van der Waals surface area contributed by atoms with Crippen molar-refractivity contribution in [2.75, 3.05) is 0 Å². The van der Waals surface area contributed by atoms with E-state index in [9.17, 15) is 0 Å². The van der Waals surface area contributed by atoms with E-state index in [1.807, 2.05) is 12.3 Å². The Labute approximate surface area is 114 Å². The summed E-state index contributed by atoms with van der Waals surface area (Å²) < 4.78 is 2.05. The number of rotatable bonds is 6. The average molecular weight is 350 g/mol. The van der Waals surface area contributed by atoms with E-state index in [1.54, 1.807) is 0 Å². The second kappa shape index (κ2) is 7.41. The summed E-state index contributed by atoms with van der Waals surface area (Å²) in [6, 6.07) is 2.58. The Balaban J connectivity index is 2.42. The maximum absolute atomic E-state index is 4.37. The first-order valence-electron chi connectivity index (χ1n) is 5.66. The monoisotopic (exact) mass is 348 g/mol. The van der Waals surface area contributed by atoms with Gasteiger partial charge in [0.25, 0.3) is 0 Å². The SMILES string of the molecule is CCCCC(C)NCc1ncc(Br)cc1Br. The van der Waals surface area contributed by atoms with Crippen molar-refractivity contribution in [2.24, 2.45) is 0 Å². The molecule has 1 aromatic heterocycles. The summed E-state index contributed by atoms with van der Waals surface area (Å²) in [4.78, 5) is 4.37. The second-order valence-electron chi connectivity index (χ2n) is 4.01. The van der Waals surface area contributed by atoms with Crippen molar-refractivity contribution in [3.8, 4) is 0 Å². The summed E-state index contributed by atoms with van der Waals surface area (Å²) in [5.74, 6) is 0. The van der Waals surface area contributed by atoms with Crippen molar-refractivity contribution in [3.63, 3.8) is 0 Å². The van der Waals surface area contributed by atoms with Crippen LogP contribution >= 0.6 is 31.9 Å². The summed E-state index contributed by atoms with van der Waals surface area (Å²) in [7, 11) is 0. The Bertz CT molecular complexity index is 329. The minimum atomic E-state index is 0.553. The first kappa shape index (κ1) is 14.1. The van der Waals surface area contributed by atoms with Gasteiger partial charge in [0.1, 0.15) is 0 Å². The molecule has 4 heteroatoms. The molecule has 0 aliphatic heterocycles. The third-order valence-corrected chi connectivity index (χ3v) is 3.61. The van der Waals surface area contributed by atoms with E-state index in [0.29, 0.717) is 6.04 Å². The van der Waals surface area contributed by atoms with Gasteiger partial charge in [0.2, 0.25) is 0 Å². The Kier molecular flexibility index (Phi) is 6.54. The zero-order valence-corrected chi connectivity index (χ0v) is 12.9. The lowest BCUT2D eigenvalue weighted by atomic mass is 10.1. The molecule has 0 bridgehead atoms. The molecule has 0 saturated heterocycles. The van der Waals surface area contributed by atoms with Gasteiger partial charge in [-0.1, -0.05) is 19.8 Å². The van der Waals surface area contributed by atoms with E-state index >= 15 is 0 Å². The summed E-state index contributed by atoms with van der Waals surface area (Å²) in [6.07, 6.45) is 5.60. The largest absolute Gasteiger partial charge is 0.309 e. The normalized spacial score (nSPS) is 12.8. The summed E-state index contributed by atoms with van der Waals surface area (Å²) in [6.45, 7) is 5.26. The van der Waals surface area contributed by atoms with Crippen LogP contribution in [0.25, 0.3) is 0 Å². The highest BCUT2D eigenvalue weighted by molar-refractivity contribution is 9.11. The van der Waals surface area contributed by atoms with Gasteiger partial charge in [-0.05, 0) is 51.3 Å². The van der Waals surface area contributed by atoms with Crippen LogP contribution in [-0.2, 0) is 6.54 Å². The Morgan fingerprint density at radius 1 is 1.44 bits per heavy atom. The number of unbranched alkanes of at least 4 members (excludes halogenated alkanes) is 1. The summed E-state index contributed by atoms with van der Waals surface area (Å²) in [5, 5.41) is 3.49. The zero-order valence-electron chi connectivity index (χ0n) is 9.76. The van der Waals surface area contributed by atoms with Gasteiger partial charge in [0.15, 0.2) is 0 Å². The van der Waals surface area contributed by atoms with Crippen LogP contribution in [0, 0.1) is 0 Å². The predicted molar refractivity (Wildman–Crippen MR) is 75.5 cm³/mol. The molecule has 90 valence electrons. The number of nitrogens with zero attached hydrogens (tertiary/aromatic N) is 1. The quantitative estimate of drug-likeness (QED) is 0.829. The van der Waals surface area contributed by atoms with E-state index in [1.165, 1.54) is 19.3 Å². The highest BCUT2D eigenvalue weighted by Gasteiger charge is 2.05. The number of aromatic nitrogens is 1. The van der Waals surface area contributed by atoms with Crippen LogP contribution in [-0.4, -0.2) is 11.0 Å². The maximum atomic E-state index is 4.37. The third kappa shape index (κ3) is 4.93.